The van der Waals surface area contributed by atoms with Crippen molar-refractivity contribution in [2.45, 2.75) is 19.4 Å². The van der Waals surface area contributed by atoms with Crippen LogP contribution in [0.1, 0.15) is 29.7 Å². The fraction of sp³-hybridized carbons (Fsp3) is 0.211. The summed E-state index contributed by atoms with van der Waals surface area (Å²) in [5, 5.41) is 10.9. The highest BCUT2D eigenvalue weighted by Crippen LogP contribution is 2.17. The highest BCUT2D eigenvalue weighted by molar-refractivity contribution is 6.08. The molecule has 22 heavy (non-hydrogen) atoms. The van der Waals surface area contributed by atoms with Crippen LogP contribution in [-0.2, 0) is 6.42 Å². The molecule has 0 aliphatic carbocycles. The molecule has 1 unspecified atom stereocenters. The quantitative estimate of drug-likeness (QED) is 0.540. The van der Waals surface area contributed by atoms with Crippen LogP contribution in [0.2, 0.25) is 0 Å². The van der Waals surface area contributed by atoms with Gasteiger partial charge in [0.15, 0.2) is 0 Å². The Morgan fingerprint density at radius 2 is 1.95 bits per heavy atom. The summed E-state index contributed by atoms with van der Waals surface area (Å²) in [7, 11) is 0. The molecule has 3 nitrogen and oxygen atoms in total. The van der Waals surface area contributed by atoms with Gasteiger partial charge in [0, 0.05) is 30.6 Å². The second-order valence-corrected chi connectivity index (χ2v) is 5.35. The standard InChI is InChI=1S/C19H23N3/c1-15(21)17-8-5-9-18(12-17)19(13-20)14-22-11-10-16-6-3-2-4-7-16/h2-9,12-15,20,22H,10-11,21H2,1H3/b19-14+,20-13?. The normalized spacial score (nSPS) is 12.7. The SMILES string of the molecule is CC(N)c1cccc(/C(C=N)=C/NCCc2ccccc2)c1. The molecule has 0 amide bonds. The highest BCUT2D eigenvalue weighted by atomic mass is 14.8. The predicted octanol–water partition coefficient (Wildman–Crippen LogP) is 3.53. The van der Waals surface area contributed by atoms with Crippen LogP contribution >= 0.6 is 0 Å². The van der Waals surface area contributed by atoms with Gasteiger partial charge in [0.1, 0.15) is 0 Å². The number of benzene rings is 2. The van der Waals surface area contributed by atoms with E-state index in [1.54, 1.807) is 0 Å². The summed E-state index contributed by atoms with van der Waals surface area (Å²) in [6.07, 6.45) is 4.23. The number of allylic oxidation sites excluding steroid dienone is 1. The van der Waals surface area contributed by atoms with Crippen LogP contribution in [0, 0.1) is 5.41 Å². The Labute approximate surface area is 132 Å². The van der Waals surface area contributed by atoms with Crippen molar-refractivity contribution in [1.82, 2.24) is 5.32 Å². The van der Waals surface area contributed by atoms with Crippen molar-refractivity contribution in [2.75, 3.05) is 6.54 Å². The van der Waals surface area contributed by atoms with Gasteiger partial charge in [-0.3, -0.25) is 0 Å². The lowest BCUT2D eigenvalue weighted by Crippen LogP contribution is -2.11. The number of hydrogen-bond donors (Lipinski definition) is 3. The van der Waals surface area contributed by atoms with Crippen molar-refractivity contribution >= 4 is 11.8 Å². The van der Waals surface area contributed by atoms with E-state index in [-0.39, 0.29) is 6.04 Å². The zero-order valence-corrected chi connectivity index (χ0v) is 12.9. The van der Waals surface area contributed by atoms with Crippen LogP contribution < -0.4 is 11.1 Å². The summed E-state index contributed by atoms with van der Waals surface area (Å²) < 4.78 is 0. The summed E-state index contributed by atoms with van der Waals surface area (Å²) in [5.74, 6) is 0. The molecular formula is C19H23N3. The second-order valence-electron chi connectivity index (χ2n) is 5.35. The van der Waals surface area contributed by atoms with Gasteiger partial charge in [-0.25, -0.2) is 0 Å². The van der Waals surface area contributed by atoms with Gasteiger partial charge in [-0.05, 0) is 36.1 Å². The Balaban J connectivity index is 1.98. The van der Waals surface area contributed by atoms with Crippen LogP contribution in [0.5, 0.6) is 0 Å². The maximum absolute atomic E-state index is 7.61. The molecule has 0 spiro atoms. The molecule has 2 rings (SSSR count). The Bertz CT molecular complexity index is 630. The number of nitrogens with two attached hydrogens (primary N) is 1. The first-order valence-electron chi connectivity index (χ1n) is 7.54. The van der Waals surface area contributed by atoms with Crippen molar-refractivity contribution in [3.63, 3.8) is 0 Å². The molecule has 0 bridgehead atoms. The molecule has 3 heteroatoms. The Morgan fingerprint density at radius 1 is 1.18 bits per heavy atom. The summed E-state index contributed by atoms with van der Waals surface area (Å²) in [4.78, 5) is 0. The largest absolute Gasteiger partial charge is 0.390 e. The summed E-state index contributed by atoms with van der Waals surface area (Å²) in [5.41, 5.74) is 10.2. The Kier molecular flexibility index (Phi) is 5.92. The van der Waals surface area contributed by atoms with Gasteiger partial charge in [-0.1, -0.05) is 48.5 Å². The summed E-state index contributed by atoms with van der Waals surface area (Å²) >= 11 is 0. The smallest absolute Gasteiger partial charge is 0.0270 e. The first-order chi connectivity index (χ1) is 10.7. The zero-order valence-electron chi connectivity index (χ0n) is 12.9. The van der Waals surface area contributed by atoms with E-state index in [1.165, 1.54) is 11.8 Å². The fourth-order valence-electron chi connectivity index (χ4n) is 2.25. The van der Waals surface area contributed by atoms with E-state index in [9.17, 15) is 0 Å². The van der Waals surface area contributed by atoms with Gasteiger partial charge in [0.2, 0.25) is 0 Å². The second kappa shape index (κ2) is 8.15. The monoisotopic (exact) mass is 293 g/mol. The third-order valence-corrected chi connectivity index (χ3v) is 3.56. The van der Waals surface area contributed by atoms with E-state index in [4.69, 9.17) is 11.1 Å². The lowest BCUT2D eigenvalue weighted by molar-refractivity contribution is 0.817. The highest BCUT2D eigenvalue weighted by Gasteiger charge is 2.03. The van der Waals surface area contributed by atoms with Crippen LogP contribution in [0.15, 0.2) is 60.8 Å². The maximum Gasteiger partial charge on any atom is 0.0270 e. The van der Waals surface area contributed by atoms with Crippen molar-refractivity contribution in [2.24, 2.45) is 5.73 Å². The number of hydrogen-bond acceptors (Lipinski definition) is 3. The molecular weight excluding hydrogens is 270 g/mol. The Morgan fingerprint density at radius 3 is 2.64 bits per heavy atom. The first kappa shape index (κ1) is 16.0. The Hall–Kier alpha value is -2.39. The van der Waals surface area contributed by atoms with E-state index in [1.807, 2.05) is 55.6 Å². The average molecular weight is 293 g/mol. The number of nitrogens with one attached hydrogen (secondary N) is 2. The molecule has 0 saturated carbocycles. The van der Waals surface area contributed by atoms with Gasteiger partial charge in [0.05, 0.1) is 0 Å². The molecule has 4 N–H and O–H groups in total. The minimum absolute atomic E-state index is 0.00188. The molecule has 0 heterocycles. The van der Waals surface area contributed by atoms with Crippen LogP contribution in [-0.4, -0.2) is 12.8 Å². The van der Waals surface area contributed by atoms with Gasteiger partial charge >= 0.3 is 0 Å². The molecule has 0 fully saturated rings. The van der Waals surface area contributed by atoms with E-state index in [0.29, 0.717) is 0 Å². The van der Waals surface area contributed by atoms with Crippen molar-refractivity contribution in [3.8, 4) is 0 Å². The van der Waals surface area contributed by atoms with Crippen molar-refractivity contribution in [1.29, 1.82) is 5.41 Å². The lowest BCUT2D eigenvalue weighted by Gasteiger charge is -2.09. The molecule has 2 aromatic rings. The topological polar surface area (TPSA) is 61.9 Å². The van der Waals surface area contributed by atoms with E-state index in [2.05, 4.69) is 17.4 Å². The third kappa shape index (κ3) is 4.57. The minimum Gasteiger partial charge on any atom is -0.390 e. The van der Waals surface area contributed by atoms with E-state index in [0.717, 1.165) is 29.7 Å². The molecule has 1 atom stereocenters. The third-order valence-electron chi connectivity index (χ3n) is 3.56. The van der Waals surface area contributed by atoms with Crippen molar-refractivity contribution in [3.05, 3.63) is 77.5 Å². The molecule has 0 radical (unpaired) electrons. The summed E-state index contributed by atoms with van der Waals surface area (Å²) in [6.45, 7) is 2.80. The van der Waals surface area contributed by atoms with Crippen molar-refractivity contribution < 1.29 is 0 Å². The first-order valence-corrected chi connectivity index (χ1v) is 7.54. The van der Waals surface area contributed by atoms with E-state index < -0.39 is 0 Å². The zero-order chi connectivity index (χ0) is 15.8. The molecule has 0 aromatic heterocycles. The fourth-order valence-corrected chi connectivity index (χ4v) is 2.25. The number of rotatable bonds is 7. The molecule has 2 aromatic carbocycles. The lowest BCUT2D eigenvalue weighted by atomic mass is 10.0. The maximum atomic E-state index is 7.61. The predicted molar refractivity (Wildman–Crippen MR) is 94.0 cm³/mol. The van der Waals surface area contributed by atoms with Crippen LogP contribution in [0.4, 0.5) is 0 Å². The average Bonchev–Trinajstić information content (AvgIpc) is 2.56. The summed E-state index contributed by atoms with van der Waals surface area (Å²) in [6, 6.07) is 18.4. The minimum atomic E-state index is -0.00188. The van der Waals surface area contributed by atoms with Crippen LogP contribution in [0.3, 0.4) is 0 Å². The molecule has 0 aliphatic rings. The van der Waals surface area contributed by atoms with Gasteiger partial charge in [-0.2, -0.15) is 0 Å². The molecule has 0 saturated heterocycles. The molecule has 114 valence electrons. The van der Waals surface area contributed by atoms with Gasteiger partial charge < -0.3 is 16.5 Å². The van der Waals surface area contributed by atoms with Gasteiger partial charge in [-0.15, -0.1) is 0 Å². The van der Waals surface area contributed by atoms with Gasteiger partial charge in [0.25, 0.3) is 0 Å². The van der Waals surface area contributed by atoms with E-state index >= 15 is 0 Å². The van der Waals surface area contributed by atoms with Crippen LogP contribution in [0.25, 0.3) is 5.57 Å². The molecule has 0 aliphatic heterocycles.